The van der Waals surface area contributed by atoms with Crippen molar-refractivity contribution in [1.82, 2.24) is 15.1 Å². The molecule has 2 heterocycles. The van der Waals surface area contributed by atoms with Gasteiger partial charge in [-0.15, -0.1) is 11.3 Å². The molecule has 0 fully saturated rings. The summed E-state index contributed by atoms with van der Waals surface area (Å²) in [6.45, 7) is 6.64. The van der Waals surface area contributed by atoms with Gasteiger partial charge in [0.05, 0.1) is 17.9 Å². The minimum Gasteiger partial charge on any atom is -0.395 e. The standard InChI is InChI=1S/C14H20N4OS/c1-5-11-12(15)13(18(4)17-11)14(19)16-7-10-6-8(2)9(3)20-10/h6H,5,7,15H2,1-4H3,(H,16,19). The van der Waals surface area contributed by atoms with Gasteiger partial charge in [0.15, 0.2) is 0 Å². The molecule has 0 spiro atoms. The smallest absolute Gasteiger partial charge is 0.271 e. The molecule has 0 unspecified atom stereocenters. The number of thiophene rings is 1. The number of nitrogens with one attached hydrogen (secondary N) is 1. The van der Waals surface area contributed by atoms with Gasteiger partial charge in [-0.2, -0.15) is 5.10 Å². The van der Waals surface area contributed by atoms with Crippen molar-refractivity contribution in [2.24, 2.45) is 7.05 Å². The van der Waals surface area contributed by atoms with Crippen LogP contribution in [0, 0.1) is 13.8 Å². The third kappa shape index (κ3) is 2.70. The molecule has 2 aromatic heterocycles. The summed E-state index contributed by atoms with van der Waals surface area (Å²) in [4.78, 5) is 14.7. The number of hydrogen-bond acceptors (Lipinski definition) is 4. The highest BCUT2D eigenvalue weighted by atomic mass is 32.1. The zero-order valence-corrected chi connectivity index (χ0v) is 13.1. The first-order valence-corrected chi connectivity index (χ1v) is 7.41. The summed E-state index contributed by atoms with van der Waals surface area (Å²) in [5.74, 6) is -0.180. The van der Waals surface area contributed by atoms with Crippen LogP contribution < -0.4 is 11.1 Å². The first-order valence-electron chi connectivity index (χ1n) is 6.59. The Morgan fingerprint density at radius 3 is 2.70 bits per heavy atom. The van der Waals surface area contributed by atoms with E-state index >= 15 is 0 Å². The van der Waals surface area contributed by atoms with Crippen LogP contribution in [0.1, 0.15) is 38.4 Å². The van der Waals surface area contributed by atoms with Crippen molar-refractivity contribution < 1.29 is 4.79 Å². The number of nitrogen functional groups attached to an aromatic ring is 1. The lowest BCUT2D eigenvalue weighted by molar-refractivity contribution is 0.0943. The average Bonchev–Trinajstić information content (AvgIpc) is 2.87. The Morgan fingerprint density at radius 1 is 1.50 bits per heavy atom. The highest BCUT2D eigenvalue weighted by Gasteiger charge is 2.18. The van der Waals surface area contributed by atoms with Crippen LogP contribution in [0.5, 0.6) is 0 Å². The van der Waals surface area contributed by atoms with E-state index in [9.17, 15) is 4.79 Å². The van der Waals surface area contributed by atoms with Gasteiger partial charge >= 0.3 is 0 Å². The molecule has 6 heteroatoms. The van der Waals surface area contributed by atoms with Crippen molar-refractivity contribution in [3.8, 4) is 0 Å². The van der Waals surface area contributed by atoms with E-state index in [4.69, 9.17) is 5.73 Å². The third-order valence-corrected chi connectivity index (χ3v) is 4.50. The normalized spacial score (nSPS) is 10.8. The SMILES string of the molecule is CCc1nn(C)c(C(=O)NCc2cc(C)c(C)s2)c1N. The molecule has 0 atom stereocenters. The second kappa shape index (κ2) is 5.66. The van der Waals surface area contributed by atoms with E-state index in [2.05, 4.69) is 30.3 Å². The molecule has 0 bridgehead atoms. The molecular weight excluding hydrogens is 272 g/mol. The topological polar surface area (TPSA) is 72.9 Å². The number of amides is 1. The highest BCUT2D eigenvalue weighted by Crippen LogP contribution is 2.21. The first-order chi connectivity index (χ1) is 9.43. The van der Waals surface area contributed by atoms with Gasteiger partial charge in [-0.25, -0.2) is 0 Å². The van der Waals surface area contributed by atoms with Crippen LogP contribution in [0.15, 0.2) is 6.07 Å². The Bertz CT molecular complexity index is 622. The fourth-order valence-corrected chi connectivity index (χ4v) is 3.11. The maximum Gasteiger partial charge on any atom is 0.271 e. The summed E-state index contributed by atoms with van der Waals surface area (Å²) in [5, 5.41) is 7.16. The maximum atomic E-state index is 12.2. The Balaban J connectivity index is 2.11. The number of hydrogen-bond donors (Lipinski definition) is 2. The summed E-state index contributed by atoms with van der Waals surface area (Å²) in [5.41, 5.74) is 8.91. The quantitative estimate of drug-likeness (QED) is 0.907. The minimum absolute atomic E-state index is 0.180. The van der Waals surface area contributed by atoms with E-state index < -0.39 is 0 Å². The van der Waals surface area contributed by atoms with Crippen LogP contribution in [0.3, 0.4) is 0 Å². The minimum atomic E-state index is -0.180. The number of carbonyl (C=O) groups excluding carboxylic acids is 1. The predicted molar refractivity (Wildman–Crippen MR) is 82.0 cm³/mol. The molecular formula is C14H20N4OS. The number of rotatable bonds is 4. The zero-order chi connectivity index (χ0) is 14.9. The van der Waals surface area contributed by atoms with Crippen LogP contribution in [0.25, 0.3) is 0 Å². The largest absolute Gasteiger partial charge is 0.395 e. The summed E-state index contributed by atoms with van der Waals surface area (Å²) >= 11 is 1.70. The molecule has 1 amide bonds. The lowest BCUT2D eigenvalue weighted by atomic mass is 10.2. The van der Waals surface area contributed by atoms with Gasteiger partial charge < -0.3 is 11.1 Å². The number of anilines is 1. The molecule has 0 radical (unpaired) electrons. The van der Waals surface area contributed by atoms with Crippen molar-refractivity contribution in [1.29, 1.82) is 0 Å². The molecule has 3 N–H and O–H groups in total. The Hall–Kier alpha value is -1.82. The van der Waals surface area contributed by atoms with Crippen LogP contribution in [0.4, 0.5) is 5.69 Å². The van der Waals surface area contributed by atoms with Crippen LogP contribution >= 0.6 is 11.3 Å². The number of nitrogens with two attached hydrogens (primary N) is 1. The number of carbonyl (C=O) groups is 1. The first kappa shape index (κ1) is 14.6. The Morgan fingerprint density at radius 2 is 2.20 bits per heavy atom. The predicted octanol–water partition coefficient (Wildman–Crippen LogP) is 2.17. The second-order valence-corrected chi connectivity index (χ2v) is 6.16. The molecule has 5 nitrogen and oxygen atoms in total. The van der Waals surface area contributed by atoms with Crippen LogP contribution in [-0.2, 0) is 20.0 Å². The van der Waals surface area contributed by atoms with Crippen molar-refractivity contribution in [2.75, 3.05) is 5.73 Å². The van der Waals surface area contributed by atoms with E-state index in [-0.39, 0.29) is 5.91 Å². The average molecular weight is 292 g/mol. The van der Waals surface area contributed by atoms with Crippen LogP contribution in [0.2, 0.25) is 0 Å². The van der Waals surface area contributed by atoms with E-state index in [1.807, 2.05) is 6.92 Å². The van der Waals surface area contributed by atoms with Crippen LogP contribution in [-0.4, -0.2) is 15.7 Å². The monoisotopic (exact) mass is 292 g/mol. The lowest BCUT2D eigenvalue weighted by Crippen LogP contribution is -2.25. The Kier molecular flexibility index (Phi) is 4.13. The number of aromatic nitrogens is 2. The second-order valence-electron chi connectivity index (χ2n) is 4.82. The van der Waals surface area contributed by atoms with Gasteiger partial charge in [0.1, 0.15) is 5.69 Å². The van der Waals surface area contributed by atoms with Gasteiger partial charge in [-0.05, 0) is 31.9 Å². The molecule has 0 saturated heterocycles. The molecule has 0 saturated carbocycles. The van der Waals surface area contributed by atoms with Gasteiger partial charge in [0.25, 0.3) is 5.91 Å². The number of nitrogens with zero attached hydrogens (tertiary/aromatic N) is 2. The molecule has 0 aliphatic heterocycles. The van der Waals surface area contributed by atoms with Crippen molar-refractivity contribution in [3.05, 3.63) is 32.8 Å². The molecule has 108 valence electrons. The summed E-state index contributed by atoms with van der Waals surface area (Å²) in [7, 11) is 1.74. The lowest BCUT2D eigenvalue weighted by Gasteiger charge is -2.05. The molecule has 2 rings (SSSR count). The summed E-state index contributed by atoms with van der Waals surface area (Å²) < 4.78 is 1.55. The molecule has 0 aromatic carbocycles. The van der Waals surface area contributed by atoms with Gasteiger partial charge in [-0.1, -0.05) is 6.92 Å². The zero-order valence-electron chi connectivity index (χ0n) is 12.3. The number of aryl methyl sites for hydroxylation is 4. The summed E-state index contributed by atoms with van der Waals surface area (Å²) in [6, 6.07) is 2.10. The Labute approximate surface area is 122 Å². The van der Waals surface area contributed by atoms with Crippen molar-refractivity contribution >= 4 is 22.9 Å². The maximum absolute atomic E-state index is 12.2. The van der Waals surface area contributed by atoms with E-state index in [0.717, 1.165) is 17.0 Å². The van der Waals surface area contributed by atoms with E-state index in [1.165, 1.54) is 10.4 Å². The van der Waals surface area contributed by atoms with Gasteiger partial charge in [-0.3, -0.25) is 9.48 Å². The van der Waals surface area contributed by atoms with Gasteiger partial charge in [0, 0.05) is 16.8 Å². The van der Waals surface area contributed by atoms with Crippen molar-refractivity contribution in [3.63, 3.8) is 0 Å². The molecule has 2 aromatic rings. The van der Waals surface area contributed by atoms with E-state index in [1.54, 1.807) is 23.1 Å². The van der Waals surface area contributed by atoms with Gasteiger partial charge in [0.2, 0.25) is 0 Å². The highest BCUT2D eigenvalue weighted by molar-refractivity contribution is 7.12. The fourth-order valence-electron chi connectivity index (χ4n) is 2.11. The van der Waals surface area contributed by atoms with Crippen molar-refractivity contribution in [2.45, 2.75) is 33.7 Å². The fraction of sp³-hybridized carbons (Fsp3) is 0.429. The molecule has 20 heavy (non-hydrogen) atoms. The molecule has 0 aliphatic carbocycles. The summed E-state index contributed by atoms with van der Waals surface area (Å²) in [6.07, 6.45) is 0.719. The third-order valence-electron chi connectivity index (χ3n) is 3.35. The van der Waals surface area contributed by atoms with E-state index in [0.29, 0.717) is 17.9 Å². The molecule has 0 aliphatic rings.